The van der Waals surface area contributed by atoms with Gasteiger partial charge in [-0.25, -0.2) is 9.59 Å². The van der Waals surface area contributed by atoms with Crippen LogP contribution in [0.3, 0.4) is 0 Å². The summed E-state index contributed by atoms with van der Waals surface area (Å²) < 4.78 is 34.8. The lowest BCUT2D eigenvalue weighted by molar-refractivity contribution is -0.192. The first-order valence-electron chi connectivity index (χ1n) is 9.87. The predicted octanol–water partition coefficient (Wildman–Crippen LogP) is 1.10. The number of aromatic nitrogens is 2. The minimum Gasteiger partial charge on any atom is -0.475 e. The summed E-state index contributed by atoms with van der Waals surface area (Å²) in [4.78, 5) is 45.2. The summed E-state index contributed by atoms with van der Waals surface area (Å²) in [5.74, 6) is -3.44. The SMILES string of the molecule is Cn1c(=O)n(C2CCC(=O)NC2=O)c2ccc(CC3(C)CNC3)cc21.O=C(O)C(F)(F)F. The van der Waals surface area contributed by atoms with Crippen LogP contribution in [0.1, 0.15) is 31.4 Å². The molecule has 1 aromatic carbocycles. The fraction of sp³-hybridized carbons (Fsp3) is 0.500. The normalized spacial score (nSPS) is 20.2. The van der Waals surface area contributed by atoms with Gasteiger partial charge in [0, 0.05) is 26.6 Å². The number of aryl methyl sites for hydroxylation is 1. The van der Waals surface area contributed by atoms with Crippen molar-refractivity contribution in [3.63, 3.8) is 0 Å². The number of amides is 2. The van der Waals surface area contributed by atoms with Crippen LogP contribution in [0.2, 0.25) is 0 Å². The summed E-state index contributed by atoms with van der Waals surface area (Å²) in [5.41, 5.74) is 2.79. The molecule has 12 heteroatoms. The van der Waals surface area contributed by atoms with Gasteiger partial charge in [0.2, 0.25) is 11.8 Å². The van der Waals surface area contributed by atoms with E-state index < -0.39 is 24.1 Å². The van der Waals surface area contributed by atoms with Gasteiger partial charge < -0.3 is 10.4 Å². The minimum atomic E-state index is -5.08. The van der Waals surface area contributed by atoms with Crippen molar-refractivity contribution in [3.05, 3.63) is 34.2 Å². The summed E-state index contributed by atoms with van der Waals surface area (Å²) in [6.45, 7) is 4.25. The van der Waals surface area contributed by atoms with Gasteiger partial charge in [0.15, 0.2) is 0 Å². The number of benzene rings is 1. The lowest BCUT2D eigenvalue weighted by atomic mass is 9.78. The maximum atomic E-state index is 12.7. The summed E-state index contributed by atoms with van der Waals surface area (Å²) in [6.07, 6.45) is -3.52. The van der Waals surface area contributed by atoms with Gasteiger partial charge in [0.05, 0.1) is 11.0 Å². The molecule has 2 aliphatic rings. The van der Waals surface area contributed by atoms with Crippen LogP contribution in [-0.4, -0.2) is 51.3 Å². The van der Waals surface area contributed by atoms with Crippen LogP contribution in [0.15, 0.2) is 23.0 Å². The minimum absolute atomic E-state index is 0.224. The number of aliphatic carboxylic acids is 1. The van der Waals surface area contributed by atoms with Crippen molar-refractivity contribution >= 4 is 28.8 Å². The molecule has 1 aromatic heterocycles. The number of carbonyl (C=O) groups excluding carboxylic acids is 2. The zero-order valence-corrected chi connectivity index (χ0v) is 17.5. The van der Waals surface area contributed by atoms with Crippen molar-refractivity contribution in [2.45, 2.75) is 38.4 Å². The highest BCUT2D eigenvalue weighted by molar-refractivity contribution is 6.00. The molecule has 2 aliphatic heterocycles. The monoisotopic (exact) mass is 456 g/mol. The number of hydrogen-bond donors (Lipinski definition) is 3. The van der Waals surface area contributed by atoms with Crippen molar-refractivity contribution in [3.8, 4) is 0 Å². The molecule has 0 bridgehead atoms. The average Bonchev–Trinajstić information content (AvgIpc) is 2.91. The molecule has 4 rings (SSSR count). The van der Waals surface area contributed by atoms with E-state index in [1.165, 1.54) is 10.1 Å². The standard InChI is InChI=1S/C18H22N4O3.C2HF3O2/c1-18(9-19-10-18)8-11-3-4-12-14(7-11)21(2)17(25)22(12)13-5-6-15(23)20-16(13)24;3-2(4,5)1(6)7/h3-4,7,13,19H,5-6,8-10H2,1-2H3,(H,20,23,24);(H,6,7). The van der Waals surface area contributed by atoms with E-state index in [-0.39, 0.29) is 23.4 Å². The molecule has 3 heterocycles. The Kier molecular flexibility index (Phi) is 6.18. The van der Waals surface area contributed by atoms with E-state index in [4.69, 9.17) is 9.90 Å². The van der Waals surface area contributed by atoms with Gasteiger partial charge in [0.25, 0.3) is 0 Å². The van der Waals surface area contributed by atoms with E-state index in [9.17, 15) is 27.6 Å². The Hall–Kier alpha value is -3.15. The predicted molar refractivity (Wildman–Crippen MR) is 107 cm³/mol. The van der Waals surface area contributed by atoms with Crippen molar-refractivity contribution in [2.24, 2.45) is 12.5 Å². The number of halogens is 3. The van der Waals surface area contributed by atoms with Crippen molar-refractivity contribution < 1.29 is 32.7 Å². The number of hydrogen-bond acceptors (Lipinski definition) is 5. The molecule has 0 aliphatic carbocycles. The summed E-state index contributed by atoms with van der Waals surface area (Å²) in [5, 5.41) is 12.8. The summed E-state index contributed by atoms with van der Waals surface area (Å²) in [6, 6.07) is 5.37. The van der Waals surface area contributed by atoms with Crippen molar-refractivity contribution in [1.82, 2.24) is 19.8 Å². The first kappa shape index (κ1) is 23.5. The highest BCUT2D eigenvalue weighted by atomic mass is 19.4. The van der Waals surface area contributed by atoms with Gasteiger partial charge in [-0.3, -0.25) is 24.0 Å². The second-order valence-corrected chi connectivity index (χ2v) is 8.40. The number of piperidine rings is 1. The van der Waals surface area contributed by atoms with Gasteiger partial charge in [-0.05, 0) is 36.0 Å². The summed E-state index contributed by atoms with van der Waals surface area (Å²) in [7, 11) is 1.73. The van der Waals surface area contributed by atoms with E-state index >= 15 is 0 Å². The van der Waals surface area contributed by atoms with Crippen LogP contribution in [0, 0.1) is 5.41 Å². The number of rotatable bonds is 3. The molecule has 2 saturated heterocycles. The summed E-state index contributed by atoms with van der Waals surface area (Å²) >= 11 is 0. The molecule has 1 atom stereocenters. The molecule has 2 fully saturated rings. The molecule has 1 unspecified atom stereocenters. The highest BCUT2D eigenvalue weighted by Gasteiger charge is 2.38. The molecule has 2 amide bonds. The van der Waals surface area contributed by atoms with Crippen LogP contribution in [-0.2, 0) is 27.9 Å². The molecular weight excluding hydrogens is 433 g/mol. The van der Waals surface area contributed by atoms with Crippen LogP contribution >= 0.6 is 0 Å². The van der Waals surface area contributed by atoms with E-state index in [1.54, 1.807) is 11.6 Å². The fourth-order valence-corrected chi connectivity index (χ4v) is 3.92. The third kappa shape index (κ3) is 4.69. The molecular formula is C20H23F3N4O5. The maximum absolute atomic E-state index is 12.7. The van der Waals surface area contributed by atoms with Crippen LogP contribution in [0.5, 0.6) is 0 Å². The van der Waals surface area contributed by atoms with E-state index in [0.29, 0.717) is 6.42 Å². The molecule has 0 spiro atoms. The number of nitrogens with zero attached hydrogens (tertiary/aromatic N) is 2. The molecule has 174 valence electrons. The van der Waals surface area contributed by atoms with Gasteiger partial charge in [-0.2, -0.15) is 13.2 Å². The molecule has 2 aromatic rings. The van der Waals surface area contributed by atoms with Gasteiger partial charge in [-0.1, -0.05) is 13.0 Å². The first-order valence-corrected chi connectivity index (χ1v) is 9.87. The molecule has 3 N–H and O–H groups in total. The van der Waals surface area contributed by atoms with Crippen molar-refractivity contribution in [1.29, 1.82) is 0 Å². The number of carboxylic acid groups (broad SMARTS) is 1. The maximum Gasteiger partial charge on any atom is 0.490 e. The number of carboxylic acids is 1. The number of alkyl halides is 3. The Labute approximate surface area is 180 Å². The smallest absolute Gasteiger partial charge is 0.475 e. The Morgan fingerprint density at radius 2 is 1.84 bits per heavy atom. The number of imidazole rings is 1. The molecule has 9 nitrogen and oxygen atoms in total. The van der Waals surface area contributed by atoms with E-state index in [1.807, 2.05) is 18.2 Å². The second-order valence-electron chi connectivity index (χ2n) is 8.40. The van der Waals surface area contributed by atoms with E-state index in [2.05, 4.69) is 17.6 Å². The molecule has 0 radical (unpaired) electrons. The number of nitrogens with one attached hydrogen (secondary N) is 2. The van der Waals surface area contributed by atoms with E-state index in [0.717, 1.165) is 30.5 Å². The lowest BCUT2D eigenvalue weighted by Crippen LogP contribution is -2.52. The van der Waals surface area contributed by atoms with Gasteiger partial charge in [0.1, 0.15) is 6.04 Å². The van der Waals surface area contributed by atoms with Crippen LogP contribution < -0.4 is 16.3 Å². The quantitative estimate of drug-likeness (QED) is 0.595. The first-order chi connectivity index (χ1) is 14.8. The largest absolute Gasteiger partial charge is 0.490 e. The van der Waals surface area contributed by atoms with Gasteiger partial charge in [-0.15, -0.1) is 0 Å². The second kappa shape index (κ2) is 8.41. The topological polar surface area (TPSA) is 122 Å². The van der Waals surface area contributed by atoms with Gasteiger partial charge >= 0.3 is 17.8 Å². The number of fused-ring (bicyclic) bond motifs is 1. The average molecular weight is 456 g/mol. The Morgan fingerprint density at radius 3 is 2.34 bits per heavy atom. The van der Waals surface area contributed by atoms with Crippen LogP contribution in [0.4, 0.5) is 13.2 Å². The Balaban J connectivity index is 0.000000360. The molecule has 32 heavy (non-hydrogen) atoms. The Bertz CT molecular complexity index is 1130. The van der Waals surface area contributed by atoms with Crippen molar-refractivity contribution in [2.75, 3.05) is 13.1 Å². The number of carbonyl (C=O) groups is 3. The third-order valence-corrected chi connectivity index (χ3v) is 5.65. The highest BCUT2D eigenvalue weighted by Crippen LogP contribution is 2.29. The fourth-order valence-electron chi connectivity index (χ4n) is 3.92. The zero-order valence-electron chi connectivity index (χ0n) is 17.5. The molecule has 0 saturated carbocycles. The third-order valence-electron chi connectivity index (χ3n) is 5.65. The number of imide groups is 1. The zero-order chi connectivity index (χ0) is 23.8. The Morgan fingerprint density at radius 1 is 1.22 bits per heavy atom. The van der Waals surface area contributed by atoms with Crippen LogP contribution in [0.25, 0.3) is 11.0 Å². The lowest BCUT2D eigenvalue weighted by Gasteiger charge is -2.39.